The largest absolute Gasteiger partial charge is 0.303 e. The summed E-state index contributed by atoms with van der Waals surface area (Å²) < 4.78 is 0. The van der Waals surface area contributed by atoms with E-state index >= 15 is 0 Å². The molecule has 0 aromatic heterocycles. The molecule has 0 aliphatic rings. The summed E-state index contributed by atoms with van der Waals surface area (Å²) in [5, 5.41) is 0. The quantitative estimate of drug-likeness (QED) is 0.495. The molecule has 0 N–H and O–H groups in total. The molecular formula is C13H16O. The van der Waals surface area contributed by atoms with Crippen LogP contribution in [-0.4, -0.2) is 6.29 Å². The molecule has 74 valence electrons. The minimum atomic E-state index is 0.132. The van der Waals surface area contributed by atoms with Crippen molar-refractivity contribution >= 4 is 6.29 Å². The fourth-order valence-electron chi connectivity index (χ4n) is 1.45. The third-order valence-electron chi connectivity index (χ3n) is 2.31. The molecule has 0 heterocycles. The number of aldehydes is 1. The van der Waals surface area contributed by atoms with Crippen LogP contribution in [-0.2, 0) is 11.2 Å². The minimum absolute atomic E-state index is 0.132. The lowest BCUT2D eigenvalue weighted by Gasteiger charge is -2.06. The van der Waals surface area contributed by atoms with E-state index in [-0.39, 0.29) is 5.92 Å². The summed E-state index contributed by atoms with van der Waals surface area (Å²) in [6.07, 6.45) is 5.52. The molecule has 1 aromatic rings. The van der Waals surface area contributed by atoms with Gasteiger partial charge < -0.3 is 4.79 Å². The number of hydrogen-bond acceptors (Lipinski definition) is 1. The second kappa shape index (κ2) is 6.14. The highest BCUT2D eigenvalue weighted by Gasteiger charge is 2.04. The molecule has 0 spiro atoms. The Morgan fingerprint density at radius 3 is 2.57 bits per heavy atom. The molecule has 0 bridgehead atoms. The molecule has 0 saturated carbocycles. The summed E-state index contributed by atoms with van der Waals surface area (Å²) in [7, 11) is 0. The van der Waals surface area contributed by atoms with Crippen LogP contribution in [0.4, 0.5) is 0 Å². The van der Waals surface area contributed by atoms with E-state index in [4.69, 9.17) is 0 Å². The maximum Gasteiger partial charge on any atom is 0.123 e. The Kier molecular flexibility index (Phi) is 4.70. The fourth-order valence-corrected chi connectivity index (χ4v) is 1.45. The Labute approximate surface area is 85.5 Å². The van der Waals surface area contributed by atoms with Gasteiger partial charge in [0.2, 0.25) is 0 Å². The Morgan fingerprint density at radius 1 is 1.29 bits per heavy atom. The molecule has 0 amide bonds. The van der Waals surface area contributed by atoms with Crippen molar-refractivity contribution in [2.45, 2.75) is 19.3 Å². The average molecular weight is 188 g/mol. The number of aryl methyl sites for hydroxylation is 1. The summed E-state index contributed by atoms with van der Waals surface area (Å²) in [4.78, 5) is 10.7. The number of rotatable bonds is 6. The molecule has 1 heteroatoms. The van der Waals surface area contributed by atoms with E-state index in [0.717, 1.165) is 25.5 Å². The third-order valence-corrected chi connectivity index (χ3v) is 2.31. The van der Waals surface area contributed by atoms with Gasteiger partial charge in [-0.15, -0.1) is 6.58 Å². The molecule has 1 atom stereocenters. The monoisotopic (exact) mass is 188 g/mol. The van der Waals surface area contributed by atoms with Gasteiger partial charge in [-0.25, -0.2) is 0 Å². The van der Waals surface area contributed by atoms with Gasteiger partial charge in [0.25, 0.3) is 0 Å². The molecule has 14 heavy (non-hydrogen) atoms. The topological polar surface area (TPSA) is 17.1 Å². The van der Waals surface area contributed by atoms with Crippen LogP contribution in [0.15, 0.2) is 43.0 Å². The summed E-state index contributed by atoms with van der Waals surface area (Å²) in [6.45, 7) is 3.64. The molecule has 0 fully saturated rings. The van der Waals surface area contributed by atoms with E-state index in [9.17, 15) is 4.79 Å². The van der Waals surface area contributed by atoms with E-state index in [1.807, 2.05) is 24.3 Å². The molecule has 0 aliphatic heterocycles. The van der Waals surface area contributed by atoms with Crippen LogP contribution in [0.2, 0.25) is 0 Å². The van der Waals surface area contributed by atoms with Gasteiger partial charge in [-0.05, 0) is 24.8 Å². The highest BCUT2D eigenvalue weighted by molar-refractivity contribution is 5.53. The molecule has 1 unspecified atom stereocenters. The number of allylic oxidation sites excluding steroid dienone is 1. The van der Waals surface area contributed by atoms with Crippen molar-refractivity contribution in [2.24, 2.45) is 5.92 Å². The number of benzene rings is 1. The molecule has 0 radical (unpaired) electrons. The van der Waals surface area contributed by atoms with E-state index in [1.165, 1.54) is 5.56 Å². The molecule has 0 saturated heterocycles. The lowest BCUT2D eigenvalue weighted by molar-refractivity contribution is -0.111. The van der Waals surface area contributed by atoms with Crippen molar-refractivity contribution in [3.63, 3.8) is 0 Å². The first kappa shape index (κ1) is 10.7. The standard InChI is InChI=1S/C13H16O/c1-2-6-13(11-14)10-9-12-7-4-3-5-8-12/h2-5,7-8,11,13H,1,6,9-10H2. The summed E-state index contributed by atoms with van der Waals surface area (Å²) in [5.41, 5.74) is 1.29. The number of hydrogen-bond donors (Lipinski definition) is 0. The van der Waals surface area contributed by atoms with Crippen molar-refractivity contribution in [3.8, 4) is 0 Å². The average Bonchev–Trinajstić information content (AvgIpc) is 2.25. The van der Waals surface area contributed by atoms with Crippen molar-refractivity contribution in [2.75, 3.05) is 0 Å². The maximum atomic E-state index is 10.7. The highest BCUT2D eigenvalue weighted by atomic mass is 16.1. The maximum absolute atomic E-state index is 10.7. The first-order valence-electron chi connectivity index (χ1n) is 4.97. The van der Waals surface area contributed by atoms with Crippen LogP contribution in [0, 0.1) is 5.92 Å². The minimum Gasteiger partial charge on any atom is -0.303 e. The van der Waals surface area contributed by atoms with E-state index in [1.54, 1.807) is 0 Å². The highest BCUT2D eigenvalue weighted by Crippen LogP contribution is 2.11. The van der Waals surface area contributed by atoms with Gasteiger partial charge in [-0.3, -0.25) is 0 Å². The lowest BCUT2D eigenvalue weighted by Crippen LogP contribution is -2.02. The zero-order valence-electron chi connectivity index (χ0n) is 8.36. The third kappa shape index (κ3) is 3.56. The SMILES string of the molecule is C=CCC(C=O)CCc1ccccc1. The summed E-state index contributed by atoms with van der Waals surface area (Å²) in [5.74, 6) is 0.132. The lowest BCUT2D eigenvalue weighted by atomic mass is 9.98. The second-order valence-corrected chi connectivity index (χ2v) is 3.44. The Bertz CT molecular complexity index is 277. The normalized spacial score (nSPS) is 12.0. The smallest absolute Gasteiger partial charge is 0.123 e. The molecule has 0 aliphatic carbocycles. The van der Waals surface area contributed by atoms with E-state index in [2.05, 4.69) is 18.7 Å². The molecular weight excluding hydrogens is 172 g/mol. The van der Waals surface area contributed by atoms with Gasteiger partial charge in [0.05, 0.1) is 0 Å². The summed E-state index contributed by atoms with van der Waals surface area (Å²) in [6, 6.07) is 10.2. The zero-order chi connectivity index (χ0) is 10.2. The van der Waals surface area contributed by atoms with Crippen molar-refractivity contribution in [1.82, 2.24) is 0 Å². The van der Waals surface area contributed by atoms with Crippen LogP contribution in [0.1, 0.15) is 18.4 Å². The van der Waals surface area contributed by atoms with Crippen molar-refractivity contribution < 1.29 is 4.79 Å². The fraction of sp³-hybridized carbons (Fsp3) is 0.308. The second-order valence-electron chi connectivity index (χ2n) is 3.44. The van der Waals surface area contributed by atoms with Crippen LogP contribution < -0.4 is 0 Å². The Hall–Kier alpha value is -1.37. The zero-order valence-corrected chi connectivity index (χ0v) is 8.36. The number of carbonyl (C=O) groups excluding carboxylic acids is 1. The first-order chi connectivity index (χ1) is 6.86. The van der Waals surface area contributed by atoms with Crippen LogP contribution >= 0.6 is 0 Å². The van der Waals surface area contributed by atoms with Gasteiger partial charge in [-0.2, -0.15) is 0 Å². The van der Waals surface area contributed by atoms with Gasteiger partial charge in [0.1, 0.15) is 6.29 Å². The van der Waals surface area contributed by atoms with Crippen molar-refractivity contribution in [3.05, 3.63) is 48.6 Å². The Morgan fingerprint density at radius 2 is 2.00 bits per heavy atom. The Balaban J connectivity index is 2.39. The predicted molar refractivity (Wildman–Crippen MR) is 59.1 cm³/mol. The van der Waals surface area contributed by atoms with Crippen LogP contribution in [0.3, 0.4) is 0 Å². The van der Waals surface area contributed by atoms with Gasteiger partial charge in [0.15, 0.2) is 0 Å². The molecule has 1 nitrogen and oxygen atoms in total. The number of carbonyl (C=O) groups is 1. The molecule has 1 rings (SSSR count). The van der Waals surface area contributed by atoms with E-state index < -0.39 is 0 Å². The molecule has 1 aromatic carbocycles. The van der Waals surface area contributed by atoms with Crippen molar-refractivity contribution in [1.29, 1.82) is 0 Å². The van der Waals surface area contributed by atoms with E-state index in [0.29, 0.717) is 0 Å². The van der Waals surface area contributed by atoms with Crippen LogP contribution in [0.5, 0.6) is 0 Å². The summed E-state index contributed by atoms with van der Waals surface area (Å²) >= 11 is 0. The predicted octanol–water partition coefficient (Wildman–Crippen LogP) is 3.01. The first-order valence-corrected chi connectivity index (χ1v) is 4.97. The van der Waals surface area contributed by atoms with Gasteiger partial charge in [0, 0.05) is 5.92 Å². The van der Waals surface area contributed by atoms with Gasteiger partial charge in [-0.1, -0.05) is 36.4 Å². The van der Waals surface area contributed by atoms with Gasteiger partial charge >= 0.3 is 0 Å². The van der Waals surface area contributed by atoms with Crippen LogP contribution in [0.25, 0.3) is 0 Å².